The third kappa shape index (κ3) is 3.05. The van der Waals surface area contributed by atoms with Crippen LogP contribution in [0, 0.1) is 12.7 Å². The summed E-state index contributed by atoms with van der Waals surface area (Å²) in [4.78, 5) is 30.4. The third-order valence-corrected chi connectivity index (χ3v) is 6.59. The van der Waals surface area contributed by atoms with Gasteiger partial charge in [-0.1, -0.05) is 19.1 Å². The molecule has 5 rings (SSSR count). The standard InChI is InChI=1S/C25H23FN2O5/c1-3-25(32)18-9-21-22-16(11-28(21)23(30)17(18)12-33-24(25)31)14(6-4-5-7-29)15-8-13(2)19(26)10-20(15)27-22/h4,6,8-10,29,32H,3,5,7,11-12H2,1-2H3/b6-4+/t25-/m0/s1. The summed E-state index contributed by atoms with van der Waals surface area (Å²) < 4.78 is 21.0. The molecule has 1 aromatic carbocycles. The molecule has 2 aromatic heterocycles. The number of aliphatic hydroxyl groups is 2. The fourth-order valence-electron chi connectivity index (χ4n) is 4.71. The molecule has 7 nitrogen and oxygen atoms in total. The number of carbonyl (C=O) groups is 1. The summed E-state index contributed by atoms with van der Waals surface area (Å²) >= 11 is 0. The molecule has 8 heteroatoms. The van der Waals surface area contributed by atoms with E-state index < -0.39 is 11.6 Å². The summed E-state index contributed by atoms with van der Waals surface area (Å²) in [6.07, 6.45) is 4.19. The van der Waals surface area contributed by atoms with Gasteiger partial charge in [0.1, 0.15) is 12.4 Å². The number of halogens is 1. The molecule has 0 saturated heterocycles. The van der Waals surface area contributed by atoms with Crippen LogP contribution in [0.4, 0.5) is 4.39 Å². The van der Waals surface area contributed by atoms with Crippen molar-refractivity contribution in [3.8, 4) is 11.4 Å². The maximum Gasteiger partial charge on any atom is 0.343 e. The van der Waals surface area contributed by atoms with E-state index in [-0.39, 0.29) is 48.7 Å². The Morgan fingerprint density at radius 1 is 1.27 bits per heavy atom. The molecule has 0 saturated carbocycles. The van der Waals surface area contributed by atoms with Gasteiger partial charge in [0.15, 0.2) is 5.60 Å². The lowest BCUT2D eigenvalue weighted by Gasteiger charge is -2.31. The Bertz CT molecular complexity index is 1430. The first-order chi connectivity index (χ1) is 15.8. The average molecular weight is 450 g/mol. The average Bonchev–Trinajstić information content (AvgIpc) is 3.16. The minimum Gasteiger partial charge on any atom is -0.458 e. The Morgan fingerprint density at radius 2 is 2.06 bits per heavy atom. The Morgan fingerprint density at radius 3 is 2.79 bits per heavy atom. The van der Waals surface area contributed by atoms with Crippen LogP contribution in [0.3, 0.4) is 0 Å². The fourth-order valence-corrected chi connectivity index (χ4v) is 4.71. The number of benzene rings is 1. The number of pyridine rings is 2. The zero-order valence-electron chi connectivity index (χ0n) is 18.3. The Balaban J connectivity index is 1.82. The number of aromatic nitrogens is 2. The third-order valence-electron chi connectivity index (χ3n) is 6.59. The second kappa shape index (κ2) is 7.60. The lowest BCUT2D eigenvalue weighted by atomic mass is 9.86. The van der Waals surface area contributed by atoms with Crippen LogP contribution in [0.15, 0.2) is 29.1 Å². The molecule has 3 aromatic rings. The van der Waals surface area contributed by atoms with Gasteiger partial charge in [0.25, 0.3) is 5.56 Å². The van der Waals surface area contributed by atoms with Crippen molar-refractivity contribution in [2.24, 2.45) is 0 Å². The molecule has 0 radical (unpaired) electrons. The van der Waals surface area contributed by atoms with Crippen LogP contribution < -0.4 is 5.56 Å². The van der Waals surface area contributed by atoms with Gasteiger partial charge < -0.3 is 19.5 Å². The van der Waals surface area contributed by atoms with Crippen molar-refractivity contribution >= 4 is 22.9 Å². The van der Waals surface area contributed by atoms with Gasteiger partial charge in [0.2, 0.25) is 0 Å². The van der Waals surface area contributed by atoms with Gasteiger partial charge in [0.05, 0.1) is 29.0 Å². The van der Waals surface area contributed by atoms with Gasteiger partial charge >= 0.3 is 5.97 Å². The molecular weight excluding hydrogens is 427 g/mol. The first kappa shape index (κ1) is 21.5. The molecule has 0 spiro atoms. The monoisotopic (exact) mass is 450 g/mol. The topological polar surface area (TPSA) is 102 Å². The van der Waals surface area contributed by atoms with E-state index in [1.165, 1.54) is 6.07 Å². The van der Waals surface area contributed by atoms with E-state index in [0.717, 1.165) is 16.5 Å². The minimum atomic E-state index is -1.91. The van der Waals surface area contributed by atoms with Gasteiger partial charge in [-0.25, -0.2) is 14.2 Å². The van der Waals surface area contributed by atoms with E-state index in [1.54, 1.807) is 30.5 Å². The smallest absolute Gasteiger partial charge is 0.343 e. The molecule has 0 amide bonds. The number of rotatable bonds is 4. The van der Waals surface area contributed by atoms with Gasteiger partial charge in [-0.3, -0.25) is 4.79 Å². The van der Waals surface area contributed by atoms with Crippen LogP contribution in [-0.2, 0) is 28.3 Å². The molecule has 0 aliphatic carbocycles. The first-order valence-electron chi connectivity index (χ1n) is 10.9. The number of fused-ring (bicyclic) bond motifs is 5. The number of hydrogen-bond donors (Lipinski definition) is 2. The number of ether oxygens (including phenoxy) is 1. The van der Waals surface area contributed by atoms with E-state index in [0.29, 0.717) is 28.9 Å². The zero-order valence-corrected chi connectivity index (χ0v) is 18.3. The molecule has 2 aliphatic heterocycles. The lowest BCUT2D eigenvalue weighted by Crippen LogP contribution is -2.44. The number of carbonyl (C=O) groups excluding carboxylic acids is 1. The minimum absolute atomic E-state index is 0.00854. The summed E-state index contributed by atoms with van der Waals surface area (Å²) in [5, 5.41) is 21.0. The largest absolute Gasteiger partial charge is 0.458 e. The summed E-state index contributed by atoms with van der Waals surface area (Å²) in [6.45, 7) is 3.36. The van der Waals surface area contributed by atoms with Crippen molar-refractivity contribution < 1.29 is 24.1 Å². The SMILES string of the molecule is CC[C@@]1(O)C(=O)OCc2c1cc1n(c2=O)Cc2c-1nc1cc(F)c(C)cc1c2/C=C/CCO. The first-order valence-corrected chi connectivity index (χ1v) is 10.9. The molecule has 1 atom stereocenters. The van der Waals surface area contributed by atoms with Crippen LogP contribution >= 0.6 is 0 Å². The van der Waals surface area contributed by atoms with E-state index >= 15 is 0 Å². The molecule has 0 unspecified atom stereocenters. The predicted octanol–water partition coefficient (Wildman–Crippen LogP) is 2.92. The van der Waals surface area contributed by atoms with Crippen LogP contribution in [0.1, 0.15) is 47.6 Å². The fraction of sp³-hybridized carbons (Fsp3) is 0.320. The highest BCUT2D eigenvalue weighted by Crippen LogP contribution is 2.40. The van der Waals surface area contributed by atoms with Crippen molar-refractivity contribution in [3.05, 3.63) is 68.3 Å². The van der Waals surface area contributed by atoms with Crippen LogP contribution in [0.25, 0.3) is 28.4 Å². The van der Waals surface area contributed by atoms with Crippen molar-refractivity contribution in [2.45, 2.75) is 45.4 Å². The number of cyclic esters (lactones) is 1. The Labute approximate surface area is 188 Å². The highest BCUT2D eigenvalue weighted by molar-refractivity contribution is 5.94. The van der Waals surface area contributed by atoms with Crippen molar-refractivity contribution in [1.29, 1.82) is 0 Å². The quantitative estimate of drug-likeness (QED) is 0.464. The van der Waals surface area contributed by atoms with Crippen LogP contribution in [0.5, 0.6) is 0 Å². The van der Waals surface area contributed by atoms with Crippen LogP contribution in [0.2, 0.25) is 0 Å². The van der Waals surface area contributed by atoms with E-state index in [1.807, 2.05) is 12.2 Å². The lowest BCUT2D eigenvalue weighted by molar-refractivity contribution is -0.172. The molecule has 4 heterocycles. The number of hydrogen-bond acceptors (Lipinski definition) is 6. The second-order valence-electron chi connectivity index (χ2n) is 8.49. The van der Waals surface area contributed by atoms with Gasteiger partial charge in [-0.05, 0) is 43.0 Å². The maximum atomic E-state index is 14.4. The molecule has 0 bridgehead atoms. The molecule has 33 heavy (non-hydrogen) atoms. The van der Waals surface area contributed by atoms with Crippen molar-refractivity contribution in [1.82, 2.24) is 9.55 Å². The predicted molar refractivity (Wildman–Crippen MR) is 120 cm³/mol. The highest BCUT2D eigenvalue weighted by atomic mass is 19.1. The molecule has 2 aliphatic rings. The Hall–Kier alpha value is -3.36. The van der Waals surface area contributed by atoms with Gasteiger partial charge in [-0.15, -0.1) is 0 Å². The summed E-state index contributed by atoms with van der Waals surface area (Å²) in [6, 6.07) is 4.74. The Kier molecular flexibility index (Phi) is 4.95. The summed E-state index contributed by atoms with van der Waals surface area (Å²) in [5.41, 5.74) is 1.70. The van der Waals surface area contributed by atoms with Crippen LogP contribution in [-0.4, -0.2) is 32.3 Å². The summed E-state index contributed by atoms with van der Waals surface area (Å²) in [5.74, 6) is -1.17. The summed E-state index contributed by atoms with van der Waals surface area (Å²) in [7, 11) is 0. The molecule has 0 fully saturated rings. The van der Waals surface area contributed by atoms with E-state index in [9.17, 15) is 24.2 Å². The van der Waals surface area contributed by atoms with Gasteiger partial charge in [0, 0.05) is 29.2 Å². The molecule has 170 valence electrons. The normalized spacial score (nSPS) is 19.0. The number of aliphatic hydroxyl groups excluding tert-OH is 1. The van der Waals surface area contributed by atoms with Crippen molar-refractivity contribution in [3.63, 3.8) is 0 Å². The van der Waals surface area contributed by atoms with Gasteiger partial charge in [-0.2, -0.15) is 0 Å². The highest BCUT2D eigenvalue weighted by Gasteiger charge is 2.45. The maximum absolute atomic E-state index is 14.4. The molecular formula is C25H23FN2O5. The number of nitrogens with zero attached hydrogens (tertiary/aromatic N) is 2. The second-order valence-corrected chi connectivity index (χ2v) is 8.49. The van der Waals surface area contributed by atoms with Crippen molar-refractivity contribution in [2.75, 3.05) is 6.61 Å². The zero-order chi connectivity index (χ0) is 23.5. The van der Waals surface area contributed by atoms with E-state index in [4.69, 9.17) is 4.74 Å². The number of esters is 1. The molecule has 2 N–H and O–H groups in total. The van der Waals surface area contributed by atoms with E-state index in [2.05, 4.69) is 4.98 Å². The number of aryl methyl sites for hydroxylation is 1.